The van der Waals surface area contributed by atoms with Crippen molar-refractivity contribution in [1.82, 2.24) is 4.98 Å². The van der Waals surface area contributed by atoms with Crippen LogP contribution in [0, 0.1) is 12.3 Å². The van der Waals surface area contributed by atoms with E-state index in [1.165, 1.54) is 0 Å². The molecular weight excluding hydrogens is 162 g/mol. The maximum absolute atomic E-state index is 7.69. The summed E-state index contributed by atoms with van der Waals surface area (Å²) in [4.78, 5) is 4.11. The molecular formula is C10H15N3. The minimum Gasteiger partial charge on any atom is -0.397 e. The SMILES string of the molecule is CCCC(=N)c1cc(C)c(N)cn1. The number of nitrogens with two attached hydrogens (primary N) is 1. The van der Waals surface area contributed by atoms with Gasteiger partial charge in [0.25, 0.3) is 0 Å². The Hall–Kier alpha value is -1.38. The zero-order valence-corrected chi connectivity index (χ0v) is 8.09. The Balaban J connectivity index is 2.90. The predicted octanol–water partition coefficient (Wildman–Crippen LogP) is 2.14. The molecule has 0 saturated carbocycles. The van der Waals surface area contributed by atoms with Crippen LogP contribution in [0.3, 0.4) is 0 Å². The van der Waals surface area contributed by atoms with Gasteiger partial charge in [-0.25, -0.2) is 0 Å². The van der Waals surface area contributed by atoms with E-state index >= 15 is 0 Å². The molecule has 0 aliphatic rings. The zero-order chi connectivity index (χ0) is 9.84. The van der Waals surface area contributed by atoms with Gasteiger partial charge in [-0.15, -0.1) is 0 Å². The van der Waals surface area contributed by atoms with Crippen LogP contribution in [0.2, 0.25) is 0 Å². The third-order valence-corrected chi connectivity index (χ3v) is 1.96. The molecule has 3 N–H and O–H groups in total. The largest absolute Gasteiger partial charge is 0.397 e. The van der Waals surface area contributed by atoms with E-state index in [0.29, 0.717) is 11.4 Å². The number of aryl methyl sites for hydroxylation is 1. The Kier molecular flexibility index (Phi) is 3.01. The number of aromatic nitrogens is 1. The molecule has 0 aliphatic carbocycles. The van der Waals surface area contributed by atoms with Crippen molar-refractivity contribution in [1.29, 1.82) is 5.41 Å². The highest BCUT2D eigenvalue weighted by atomic mass is 14.7. The minimum atomic E-state index is 0.589. The van der Waals surface area contributed by atoms with E-state index in [4.69, 9.17) is 11.1 Å². The van der Waals surface area contributed by atoms with E-state index in [1.54, 1.807) is 6.20 Å². The lowest BCUT2D eigenvalue weighted by atomic mass is 10.1. The summed E-state index contributed by atoms with van der Waals surface area (Å²) in [6, 6.07) is 1.87. The lowest BCUT2D eigenvalue weighted by Crippen LogP contribution is -2.03. The van der Waals surface area contributed by atoms with Crippen LogP contribution in [-0.4, -0.2) is 10.7 Å². The van der Waals surface area contributed by atoms with E-state index in [1.807, 2.05) is 13.0 Å². The summed E-state index contributed by atoms with van der Waals surface area (Å²) >= 11 is 0. The standard InChI is InChI=1S/C10H15N3/c1-3-4-8(11)10-5-7(2)9(12)6-13-10/h5-6,11H,3-4,12H2,1-2H3. The highest BCUT2D eigenvalue weighted by Gasteiger charge is 2.03. The van der Waals surface area contributed by atoms with Crippen molar-refractivity contribution in [2.75, 3.05) is 5.73 Å². The molecule has 0 radical (unpaired) electrons. The van der Waals surface area contributed by atoms with Crippen LogP contribution in [0.1, 0.15) is 31.0 Å². The first-order valence-corrected chi connectivity index (χ1v) is 4.45. The molecule has 1 rings (SSSR count). The Labute approximate surface area is 78.5 Å². The topological polar surface area (TPSA) is 62.8 Å². The van der Waals surface area contributed by atoms with Gasteiger partial charge < -0.3 is 11.1 Å². The van der Waals surface area contributed by atoms with Gasteiger partial charge in [0.05, 0.1) is 23.3 Å². The second-order valence-corrected chi connectivity index (χ2v) is 3.15. The van der Waals surface area contributed by atoms with Gasteiger partial charge >= 0.3 is 0 Å². The number of nitrogens with zero attached hydrogens (tertiary/aromatic N) is 1. The van der Waals surface area contributed by atoms with Crippen molar-refractivity contribution in [3.05, 3.63) is 23.5 Å². The van der Waals surface area contributed by atoms with Crippen molar-refractivity contribution in [2.45, 2.75) is 26.7 Å². The molecule has 1 aromatic rings. The fourth-order valence-electron chi connectivity index (χ4n) is 1.11. The van der Waals surface area contributed by atoms with Crippen molar-refractivity contribution in [2.24, 2.45) is 0 Å². The molecule has 13 heavy (non-hydrogen) atoms. The molecule has 0 amide bonds. The summed E-state index contributed by atoms with van der Waals surface area (Å²) in [7, 11) is 0. The van der Waals surface area contributed by atoms with Crippen LogP contribution < -0.4 is 5.73 Å². The van der Waals surface area contributed by atoms with Gasteiger partial charge in [0.15, 0.2) is 0 Å². The summed E-state index contributed by atoms with van der Waals surface area (Å²) in [6.07, 6.45) is 3.37. The van der Waals surface area contributed by atoms with Crippen LogP contribution in [0.25, 0.3) is 0 Å². The number of anilines is 1. The Morgan fingerprint density at radius 1 is 1.62 bits per heavy atom. The second-order valence-electron chi connectivity index (χ2n) is 3.15. The van der Waals surface area contributed by atoms with Crippen LogP contribution in [0.5, 0.6) is 0 Å². The van der Waals surface area contributed by atoms with Gasteiger partial charge in [-0.1, -0.05) is 13.3 Å². The number of nitrogens with one attached hydrogen (secondary N) is 1. The molecule has 70 valence electrons. The molecule has 1 heterocycles. The number of hydrogen-bond donors (Lipinski definition) is 2. The molecule has 1 aromatic heterocycles. The molecule has 0 spiro atoms. The van der Waals surface area contributed by atoms with Crippen molar-refractivity contribution < 1.29 is 0 Å². The van der Waals surface area contributed by atoms with E-state index in [2.05, 4.69) is 11.9 Å². The van der Waals surface area contributed by atoms with E-state index < -0.39 is 0 Å². The molecule has 0 bridgehead atoms. The van der Waals surface area contributed by atoms with Crippen LogP contribution in [0.4, 0.5) is 5.69 Å². The van der Waals surface area contributed by atoms with Crippen LogP contribution >= 0.6 is 0 Å². The van der Waals surface area contributed by atoms with Gasteiger partial charge in [0, 0.05) is 0 Å². The molecule has 0 saturated heterocycles. The smallest absolute Gasteiger partial charge is 0.0841 e. The fourth-order valence-corrected chi connectivity index (χ4v) is 1.11. The number of rotatable bonds is 3. The third kappa shape index (κ3) is 2.28. The number of pyridine rings is 1. The number of nitrogen functional groups attached to an aromatic ring is 1. The average Bonchev–Trinajstić information content (AvgIpc) is 2.10. The van der Waals surface area contributed by atoms with Crippen LogP contribution in [-0.2, 0) is 0 Å². The quantitative estimate of drug-likeness (QED) is 0.695. The molecule has 0 atom stereocenters. The summed E-state index contributed by atoms with van der Waals surface area (Å²) < 4.78 is 0. The zero-order valence-electron chi connectivity index (χ0n) is 8.09. The molecule has 0 aromatic carbocycles. The summed E-state index contributed by atoms with van der Waals surface area (Å²) in [5.41, 5.74) is 8.64. The van der Waals surface area contributed by atoms with Gasteiger partial charge in [0.1, 0.15) is 0 Å². The van der Waals surface area contributed by atoms with Crippen molar-refractivity contribution in [3.8, 4) is 0 Å². The maximum Gasteiger partial charge on any atom is 0.0841 e. The summed E-state index contributed by atoms with van der Waals surface area (Å²) in [6.45, 7) is 3.98. The maximum atomic E-state index is 7.69. The Morgan fingerprint density at radius 2 is 2.31 bits per heavy atom. The van der Waals surface area contributed by atoms with Gasteiger partial charge in [-0.3, -0.25) is 4.98 Å². The Bertz CT molecular complexity index is 318. The average molecular weight is 177 g/mol. The first-order chi connectivity index (χ1) is 6.15. The molecule has 3 nitrogen and oxygen atoms in total. The van der Waals surface area contributed by atoms with Crippen molar-refractivity contribution >= 4 is 11.4 Å². The second kappa shape index (κ2) is 4.03. The lowest BCUT2D eigenvalue weighted by molar-refractivity contribution is 0.979. The van der Waals surface area contributed by atoms with E-state index in [0.717, 1.165) is 24.1 Å². The lowest BCUT2D eigenvalue weighted by Gasteiger charge is -2.04. The minimum absolute atomic E-state index is 0.589. The van der Waals surface area contributed by atoms with E-state index in [9.17, 15) is 0 Å². The molecule has 3 heteroatoms. The molecule has 0 fully saturated rings. The normalized spacial score (nSPS) is 10.0. The van der Waals surface area contributed by atoms with Gasteiger partial charge in [-0.2, -0.15) is 0 Å². The highest BCUT2D eigenvalue weighted by Crippen LogP contribution is 2.11. The predicted molar refractivity (Wildman–Crippen MR) is 55.1 cm³/mol. The summed E-state index contributed by atoms with van der Waals surface area (Å²) in [5.74, 6) is 0. The fraction of sp³-hybridized carbons (Fsp3) is 0.400. The van der Waals surface area contributed by atoms with Gasteiger partial charge in [0.2, 0.25) is 0 Å². The summed E-state index contributed by atoms with van der Waals surface area (Å²) in [5, 5.41) is 7.69. The molecule has 0 unspecified atom stereocenters. The van der Waals surface area contributed by atoms with Gasteiger partial charge in [-0.05, 0) is 25.0 Å². The van der Waals surface area contributed by atoms with Crippen molar-refractivity contribution in [3.63, 3.8) is 0 Å². The number of hydrogen-bond acceptors (Lipinski definition) is 3. The molecule has 0 aliphatic heterocycles. The van der Waals surface area contributed by atoms with Crippen LogP contribution in [0.15, 0.2) is 12.3 Å². The Morgan fingerprint density at radius 3 is 2.85 bits per heavy atom. The first-order valence-electron chi connectivity index (χ1n) is 4.45. The monoisotopic (exact) mass is 177 g/mol. The first kappa shape index (κ1) is 9.71. The van der Waals surface area contributed by atoms with E-state index in [-0.39, 0.29) is 0 Å². The third-order valence-electron chi connectivity index (χ3n) is 1.96. The highest BCUT2D eigenvalue weighted by molar-refractivity contribution is 5.96.